The number of hydrogen-bond acceptors (Lipinski definition) is 4. The molecule has 1 aromatic carbocycles. The second-order valence-corrected chi connectivity index (χ2v) is 7.26. The van der Waals surface area contributed by atoms with Crippen LogP contribution in [0, 0.1) is 0 Å². The highest BCUT2D eigenvalue weighted by Gasteiger charge is 2.25. The fourth-order valence-corrected chi connectivity index (χ4v) is 2.20. The Morgan fingerprint density at radius 3 is 2.28 bits per heavy atom. The van der Waals surface area contributed by atoms with Crippen LogP contribution in [0.1, 0.15) is 32.8 Å². The third-order valence-corrected chi connectivity index (χ3v) is 3.26. The van der Waals surface area contributed by atoms with Crippen LogP contribution in [0.4, 0.5) is 0 Å². The first-order valence-corrected chi connectivity index (χ1v) is 7.98. The van der Waals surface area contributed by atoms with Gasteiger partial charge in [-0.3, -0.25) is 0 Å². The standard InChI is InChI=1S/C13H22O4Si/c1-13(2,3)17-12-8-6-11(7-9-12)5-4-10-18(14,15)16/h6-9,14-16H,4-5,10H2,1-3H3/i14T,15T,16T. The van der Waals surface area contributed by atoms with Crippen LogP contribution in [0.5, 0.6) is 5.75 Å². The van der Waals surface area contributed by atoms with E-state index in [0.717, 1.165) is 17.7 Å². The largest absolute Gasteiger partial charge is 0.492 e. The first kappa shape index (κ1) is 11.0. The van der Waals surface area contributed by atoms with Crippen molar-refractivity contribution in [2.45, 2.75) is 45.3 Å². The Morgan fingerprint density at radius 2 is 1.78 bits per heavy atom. The third-order valence-electron chi connectivity index (χ3n) is 2.30. The van der Waals surface area contributed by atoms with E-state index in [9.17, 15) is 0 Å². The summed E-state index contributed by atoms with van der Waals surface area (Å²) in [6.07, 6.45) is 1.34. The van der Waals surface area contributed by atoms with E-state index >= 15 is 0 Å². The van der Waals surface area contributed by atoms with Gasteiger partial charge in [-0.15, -0.1) is 0 Å². The van der Waals surface area contributed by atoms with Gasteiger partial charge in [0.05, 0.1) is 0 Å². The molecule has 0 saturated heterocycles. The van der Waals surface area contributed by atoms with Crippen LogP contribution >= 0.6 is 0 Å². The summed E-state index contributed by atoms with van der Waals surface area (Å²) in [5.74, 6) is 0.813. The molecule has 0 aliphatic heterocycles. The molecule has 4 nitrogen and oxygen atoms in total. The SMILES string of the molecule is [3H]O[Si](CCCc1ccc(OC(C)(C)C)cc1)(O[3H])O[3H]. The predicted octanol–water partition coefficient (Wildman–Crippen LogP) is 1.71. The zero-order valence-electron chi connectivity index (χ0n) is 14.1. The molecular weight excluding hydrogens is 248 g/mol. The molecule has 0 aliphatic rings. The molecule has 0 radical (unpaired) electrons. The van der Waals surface area contributed by atoms with Gasteiger partial charge in [0.2, 0.25) is 0 Å². The lowest BCUT2D eigenvalue weighted by atomic mass is 10.1. The Balaban J connectivity index is 2.50. The van der Waals surface area contributed by atoms with Gasteiger partial charge in [-0.05, 0) is 51.3 Å². The van der Waals surface area contributed by atoms with E-state index in [-0.39, 0.29) is 11.6 Å². The first-order valence-electron chi connectivity index (χ1n) is 7.27. The molecule has 0 fully saturated rings. The van der Waals surface area contributed by atoms with Crippen molar-refractivity contribution in [3.8, 4) is 5.75 Å². The minimum Gasteiger partial charge on any atom is -0.488 e. The van der Waals surface area contributed by atoms with E-state index in [1.807, 2.05) is 45.0 Å². The Bertz CT molecular complexity index is 410. The van der Waals surface area contributed by atoms with E-state index in [2.05, 4.69) is 14.4 Å². The minimum absolute atomic E-state index is 0.227. The molecule has 0 spiro atoms. The van der Waals surface area contributed by atoms with Gasteiger partial charge in [-0.2, -0.15) is 0 Å². The molecule has 1 aromatic rings. The van der Waals surface area contributed by atoms with E-state index in [1.165, 1.54) is 0 Å². The van der Waals surface area contributed by atoms with Gasteiger partial charge >= 0.3 is 8.80 Å². The summed E-state index contributed by atoms with van der Waals surface area (Å²) in [6.45, 7) is 5.98. The molecule has 0 heterocycles. The predicted molar refractivity (Wildman–Crippen MR) is 72.4 cm³/mol. The fourth-order valence-electron chi connectivity index (χ4n) is 1.59. The highest BCUT2D eigenvalue weighted by molar-refractivity contribution is 6.56. The van der Waals surface area contributed by atoms with Gasteiger partial charge in [-0.25, -0.2) is 0 Å². The summed E-state index contributed by atoms with van der Waals surface area (Å²) in [7, 11) is -3.44. The summed E-state index contributed by atoms with van der Waals surface area (Å²) in [5.41, 5.74) is 0.869. The monoisotopic (exact) mass is 276 g/mol. The van der Waals surface area contributed by atoms with Gasteiger partial charge < -0.3 is 19.1 Å². The molecule has 0 aliphatic carbocycles. The molecule has 0 amide bonds. The van der Waals surface area contributed by atoms with Crippen LogP contribution < -0.4 is 4.74 Å². The molecule has 0 atom stereocenters. The van der Waals surface area contributed by atoms with Crippen molar-refractivity contribution in [2.75, 3.05) is 0 Å². The summed E-state index contributed by atoms with van der Waals surface area (Å²) in [5, 5.41) is 0. The summed E-state index contributed by atoms with van der Waals surface area (Å²) in [4.78, 5) is 12.9. The molecular formula is C13H22O4Si. The van der Waals surface area contributed by atoms with Crippen LogP contribution in [-0.4, -0.2) is 33.1 Å². The lowest BCUT2D eigenvalue weighted by Gasteiger charge is -2.21. The van der Waals surface area contributed by atoms with Crippen molar-refractivity contribution in [3.63, 3.8) is 0 Å². The summed E-state index contributed by atoms with van der Waals surface area (Å²) >= 11 is 0. The Labute approximate surface area is 114 Å². The second kappa shape index (κ2) is 5.84. The van der Waals surface area contributed by atoms with Gasteiger partial charge in [0.25, 0.3) is 0 Å². The maximum atomic E-state index is 6.86. The molecule has 102 valence electrons. The van der Waals surface area contributed by atoms with Crippen LogP contribution in [0.3, 0.4) is 0 Å². The maximum absolute atomic E-state index is 6.86. The van der Waals surface area contributed by atoms with Gasteiger partial charge in [0.1, 0.15) is 11.4 Å². The fraction of sp³-hybridized carbons (Fsp3) is 0.538. The zero-order valence-corrected chi connectivity index (χ0v) is 12.1. The smallest absolute Gasteiger partial charge is 0.488 e. The second-order valence-electron chi connectivity index (χ2n) is 5.39. The van der Waals surface area contributed by atoms with Crippen molar-refractivity contribution < 1.29 is 19.1 Å². The maximum Gasteiger partial charge on any atom is 0.492 e. The zero-order chi connectivity index (χ0) is 15.9. The average Bonchev–Trinajstić information content (AvgIpc) is 2.44. The van der Waals surface area contributed by atoms with Gasteiger partial charge in [0.15, 0.2) is 4.29 Å². The van der Waals surface area contributed by atoms with E-state index in [1.54, 1.807) is 0 Å². The van der Waals surface area contributed by atoms with Crippen molar-refractivity contribution in [1.82, 2.24) is 0 Å². The van der Waals surface area contributed by atoms with Gasteiger partial charge in [0, 0.05) is 6.04 Å². The normalized spacial score (nSPS) is 14.7. The van der Waals surface area contributed by atoms with E-state index in [4.69, 9.17) is 9.03 Å². The Morgan fingerprint density at radius 1 is 1.17 bits per heavy atom. The van der Waals surface area contributed by atoms with Crippen LogP contribution in [0.2, 0.25) is 6.04 Å². The van der Waals surface area contributed by atoms with E-state index in [0.29, 0.717) is 6.42 Å². The molecule has 18 heavy (non-hydrogen) atoms. The molecule has 1 rings (SSSR count). The topological polar surface area (TPSA) is 69.9 Å². The highest BCUT2D eigenvalue weighted by Crippen LogP contribution is 2.19. The molecule has 0 saturated carbocycles. The molecule has 5 heteroatoms. The van der Waals surface area contributed by atoms with Crippen molar-refractivity contribution in [1.29, 1.82) is 4.29 Å². The van der Waals surface area contributed by atoms with E-state index < -0.39 is 8.80 Å². The Kier molecular flexibility index (Phi) is 3.56. The van der Waals surface area contributed by atoms with Gasteiger partial charge in [-0.1, -0.05) is 12.1 Å². The number of aryl methyl sites for hydroxylation is 1. The van der Waals surface area contributed by atoms with Crippen molar-refractivity contribution in [3.05, 3.63) is 29.8 Å². The Hall–Kier alpha value is -0.883. The van der Waals surface area contributed by atoms with Crippen molar-refractivity contribution in [2.24, 2.45) is 0 Å². The quantitative estimate of drug-likeness (QED) is 0.632. The first-order chi connectivity index (χ1) is 9.84. The number of ether oxygens (including phenoxy) is 1. The lowest BCUT2D eigenvalue weighted by Crippen LogP contribution is -2.34. The summed E-state index contributed by atoms with van der Waals surface area (Å²) in [6, 6.07) is 8.01. The molecule has 0 aromatic heterocycles. The molecule has 3 N–H and O–H groups in total. The number of hydrogen-bond donors (Lipinski definition) is 3. The van der Waals surface area contributed by atoms with Crippen LogP contribution in [-0.2, 0) is 6.42 Å². The number of benzene rings is 1. The van der Waals surface area contributed by atoms with Crippen LogP contribution in [0.15, 0.2) is 24.3 Å². The molecule has 0 unspecified atom stereocenters. The third kappa shape index (κ3) is 6.76. The number of rotatable bonds is 8. The minimum atomic E-state index is -3.44. The highest BCUT2D eigenvalue weighted by atomic mass is 28.4. The van der Waals surface area contributed by atoms with Crippen LogP contribution in [0.25, 0.3) is 0 Å². The molecule has 0 bridgehead atoms. The summed E-state index contributed by atoms with van der Waals surface area (Å²) < 4.78 is 26.3. The van der Waals surface area contributed by atoms with Crippen molar-refractivity contribution >= 4 is 8.80 Å². The lowest BCUT2D eigenvalue weighted by molar-refractivity contribution is 0.131. The average molecular weight is 276 g/mol.